The second kappa shape index (κ2) is 5.95. The van der Waals surface area contributed by atoms with E-state index in [1.165, 1.54) is 11.8 Å². The van der Waals surface area contributed by atoms with Gasteiger partial charge in [0.1, 0.15) is 9.84 Å². The number of nitrogens with zero attached hydrogens (tertiary/aromatic N) is 1. The van der Waals surface area contributed by atoms with E-state index < -0.39 is 9.84 Å². The van der Waals surface area contributed by atoms with Crippen molar-refractivity contribution in [3.05, 3.63) is 29.8 Å². The number of amides is 1. The Bertz CT molecular complexity index is 595. The number of fused-ring (bicyclic) bond motifs is 1. The summed E-state index contributed by atoms with van der Waals surface area (Å²) in [5.74, 6) is 0.246. The van der Waals surface area contributed by atoms with E-state index in [0.29, 0.717) is 12.5 Å². The largest absolute Gasteiger partial charge is 0.312 e. The van der Waals surface area contributed by atoms with Gasteiger partial charge in [-0.15, -0.1) is 0 Å². The first-order chi connectivity index (χ1) is 9.38. The molecular formula is C15H21NO3S. The number of sulfone groups is 1. The Morgan fingerprint density at radius 3 is 2.75 bits per heavy atom. The highest BCUT2D eigenvalue weighted by molar-refractivity contribution is 7.90. The maximum atomic E-state index is 12.3. The average Bonchev–Trinajstić information content (AvgIpc) is 2.55. The van der Waals surface area contributed by atoms with Gasteiger partial charge in [-0.05, 0) is 30.4 Å². The normalized spacial score (nSPS) is 19.3. The molecule has 20 heavy (non-hydrogen) atoms. The smallest absolute Gasteiger partial charge is 0.228 e. The van der Waals surface area contributed by atoms with E-state index in [4.69, 9.17) is 0 Å². The molecule has 0 unspecified atom stereocenters. The SMILES string of the molecule is C[C@@H]1CCCN(C(=O)CCS(C)(=O)=O)c2ccccc21. The molecule has 1 aromatic rings. The van der Waals surface area contributed by atoms with Crippen LogP contribution in [-0.2, 0) is 14.6 Å². The van der Waals surface area contributed by atoms with Crippen LogP contribution in [0.4, 0.5) is 5.69 Å². The van der Waals surface area contributed by atoms with Gasteiger partial charge in [0.2, 0.25) is 5.91 Å². The molecule has 0 fully saturated rings. The Hall–Kier alpha value is -1.36. The molecule has 0 aliphatic carbocycles. The van der Waals surface area contributed by atoms with Crippen LogP contribution in [0.15, 0.2) is 24.3 Å². The molecule has 1 atom stereocenters. The predicted molar refractivity (Wildman–Crippen MR) is 80.8 cm³/mol. The van der Waals surface area contributed by atoms with Crippen LogP contribution in [0.2, 0.25) is 0 Å². The van der Waals surface area contributed by atoms with Gasteiger partial charge in [-0.3, -0.25) is 4.79 Å². The van der Waals surface area contributed by atoms with Crippen molar-refractivity contribution >= 4 is 21.4 Å². The maximum Gasteiger partial charge on any atom is 0.228 e. The van der Waals surface area contributed by atoms with Crippen molar-refractivity contribution in [3.63, 3.8) is 0 Å². The van der Waals surface area contributed by atoms with E-state index in [9.17, 15) is 13.2 Å². The first kappa shape index (κ1) is 15.0. The summed E-state index contributed by atoms with van der Waals surface area (Å²) in [4.78, 5) is 14.1. The van der Waals surface area contributed by atoms with Gasteiger partial charge in [0, 0.05) is 24.9 Å². The van der Waals surface area contributed by atoms with Gasteiger partial charge in [-0.2, -0.15) is 0 Å². The quantitative estimate of drug-likeness (QED) is 0.860. The molecule has 0 saturated carbocycles. The Kier molecular flexibility index (Phi) is 4.48. The summed E-state index contributed by atoms with van der Waals surface area (Å²) in [6, 6.07) is 7.92. The van der Waals surface area contributed by atoms with Gasteiger partial charge in [0.25, 0.3) is 0 Å². The number of carbonyl (C=O) groups is 1. The van der Waals surface area contributed by atoms with Crippen molar-refractivity contribution in [1.82, 2.24) is 0 Å². The van der Waals surface area contributed by atoms with Crippen LogP contribution in [0.3, 0.4) is 0 Å². The van der Waals surface area contributed by atoms with Crippen molar-refractivity contribution in [1.29, 1.82) is 0 Å². The van der Waals surface area contributed by atoms with Crippen molar-refractivity contribution in [2.24, 2.45) is 0 Å². The lowest BCUT2D eigenvalue weighted by atomic mass is 9.96. The number of para-hydroxylation sites is 1. The summed E-state index contributed by atoms with van der Waals surface area (Å²) < 4.78 is 22.4. The molecule has 0 radical (unpaired) electrons. The highest BCUT2D eigenvalue weighted by Crippen LogP contribution is 2.34. The van der Waals surface area contributed by atoms with Gasteiger partial charge in [0.05, 0.1) is 5.75 Å². The number of benzene rings is 1. The van der Waals surface area contributed by atoms with Gasteiger partial charge in [-0.25, -0.2) is 8.42 Å². The molecule has 0 saturated heterocycles. The van der Waals surface area contributed by atoms with E-state index in [1.807, 2.05) is 18.2 Å². The third-order valence-corrected chi connectivity index (χ3v) is 4.71. The molecule has 110 valence electrons. The van der Waals surface area contributed by atoms with Crippen molar-refractivity contribution in [3.8, 4) is 0 Å². The highest BCUT2D eigenvalue weighted by Gasteiger charge is 2.24. The summed E-state index contributed by atoms with van der Waals surface area (Å²) in [6.07, 6.45) is 3.22. The molecule has 1 aromatic carbocycles. The van der Waals surface area contributed by atoms with Gasteiger partial charge in [-0.1, -0.05) is 25.1 Å². The Morgan fingerprint density at radius 2 is 2.05 bits per heavy atom. The molecule has 0 aromatic heterocycles. The van der Waals surface area contributed by atoms with E-state index in [2.05, 4.69) is 13.0 Å². The lowest BCUT2D eigenvalue weighted by Crippen LogP contribution is -2.32. The minimum atomic E-state index is -3.10. The lowest BCUT2D eigenvalue weighted by molar-refractivity contribution is -0.118. The molecule has 2 rings (SSSR count). The van der Waals surface area contributed by atoms with E-state index in [-0.39, 0.29) is 18.1 Å². The molecular weight excluding hydrogens is 274 g/mol. The van der Waals surface area contributed by atoms with Crippen molar-refractivity contribution < 1.29 is 13.2 Å². The van der Waals surface area contributed by atoms with Crippen LogP contribution < -0.4 is 4.90 Å². The number of hydrogen-bond donors (Lipinski definition) is 0. The zero-order chi connectivity index (χ0) is 14.8. The number of hydrogen-bond acceptors (Lipinski definition) is 3. The third-order valence-electron chi connectivity index (χ3n) is 3.77. The first-order valence-corrected chi connectivity index (χ1v) is 9.01. The molecule has 1 heterocycles. The minimum absolute atomic E-state index is 0.0571. The zero-order valence-electron chi connectivity index (χ0n) is 12.0. The summed E-state index contributed by atoms with van der Waals surface area (Å²) in [5.41, 5.74) is 2.12. The highest BCUT2D eigenvalue weighted by atomic mass is 32.2. The molecule has 1 amide bonds. The molecule has 0 N–H and O–H groups in total. The molecule has 1 aliphatic rings. The molecule has 0 spiro atoms. The Morgan fingerprint density at radius 1 is 1.35 bits per heavy atom. The van der Waals surface area contributed by atoms with Crippen LogP contribution in [0.25, 0.3) is 0 Å². The first-order valence-electron chi connectivity index (χ1n) is 6.95. The number of anilines is 1. The summed E-state index contributed by atoms with van der Waals surface area (Å²) in [6.45, 7) is 2.84. The molecule has 0 bridgehead atoms. The monoisotopic (exact) mass is 295 g/mol. The summed E-state index contributed by atoms with van der Waals surface area (Å²) >= 11 is 0. The average molecular weight is 295 g/mol. The number of carbonyl (C=O) groups excluding carboxylic acids is 1. The fourth-order valence-electron chi connectivity index (χ4n) is 2.65. The van der Waals surface area contributed by atoms with Crippen molar-refractivity contribution in [2.75, 3.05) is 23.5 Å². The van der Waals surface area contributed by atoms with Crippen LogP contribution in [0, 0.1) is 0 Å². The minimum Gasteiger partial charge on any atom is -0.312 e. The Labute approximate surface area is 120 Å². The van der Waals surface area contributed by atoms with E-state index in [0.717, 1.165) is 18.5 Å². The fraction of sp³-hybridized carbons (Fsp3) is 0.533. The zero-order valence-corrected chi connectivity index (χ0v) is 12.8. The topological polar surface area (TPSA) is 54.5 Å². The second-order valence-electron chi connectivity index (χ2n) is 5.53. The van der Waals surface area contributed by atoms with Crippen LogP contribution in [0.5, 0.6) is 0 Å². The third kappa shape index (κ3) is 3.60. The van der Waals surface area contributed by atoms with E-state index in [1.54, 1.807) is 4.90 Å². The maximum absolute atomic E-state index is 12.3. The molecule has 1 aliphatic heterocycles. The van der Waals surface area contributed by atoms with Gasteiger partial charge >= 0.3 is 0 Å². The van der Waals surface area contributed by atoms with Gasteiger partial charge in [0.15, 0.2) is 0 Å². The predicted octanol–water partition coefficient (Wildman–Crippen LogP) is 2.35. The van der Waals surface area contributed by atoms with Crippen LogP contribution in [0.1, 0.15) is 37.7 Å². The van der Waals surface area contributed by atoms with Gasteiger partial charge < -0.3 is 4.90 Å². The Balaban J connectivity index is 2.23. The fourth-order valence-corrected chi connectivity index (χ4v) is 3.19. The standard InChI is InChI=1S/C15H21NO3S/c1-12-6-5-10-16(14-8-4-3-7-13(12)14)15(17)9-11-20(2,18)19/h3-4,7-8,12H,5-6,9-11H2,1-2H3/t12-/m1/s1. The van der Waals surface area contributed by atoms with Crippen LogP contribution >= 0.6 is 0 Å². The lowest BCUT2D eigenvalue weighted by Gasteiger charge is -2.23. The summed E-state index contributed by atoms with van der Waals surface area (Å²) in [5, 5.41) is 0. The van der Waals surface area contributed by atoms with Crippen molar-refractivity contribution in [2.45, 2.75) is 32.1 Å². The van der Waals surface area contributed by atoms with E-state index >= 15 is 0 Å². The molecule has 5 heteroatoms. The molecule has 4 nitrogen and oxygen atoms in total. The summed E-state index contributed by atoms with van der Waals surface area (Å²) in [7, 11) is -3.10. The number of rotatable bonds is 3. The second-order valence-corrected chi connectivity index (χ2v) is 7.79. The van der Waals surface area contributed by atoms with Crippen LogP contribution in [-0.4, -0.2) is 32.9 Å².